The molecule has 1 unspecified atom stereocenters. The fourth-order valence-electron chi connectivity index (χ4n) is 3.85. The lowest BCUT2D eigenvalue weighted by atomic mass is 10.2. The second-order valence-corrected chi connectivity index (χ2v) is 8.29. The Hall–Kier alpha value is -1.15. The molecule has 1 aromatic heterocycles. The van der Waals surface area contributed by atoms with Crippen LogP contribution in [0.5, 0.6) is 0 Å². The minimum Gasteiger partial charge on any atom is -0.379 e. The van der Waals surface area contributed by atoms with Gasteiger partial charge in [-0.2, -0.15) is 0 Å². The summed E-state index contributed by atoms with van der Waals surface area (Å²) in [6.45, 7) is 9.40. The van der Waals surface area contributed by atoms with E-state index in [1.54, 1.807) is 0 Å². The van der Waals surface area contributed by atoms with Gasteiger partial charge in [-0.1, -0.05) is 6.07 Å². The van der Waals surface area contributed by atoms with Crippen LogP contribution in [0.15, 0.2) is 22.5 Å². The molecule has 7 heteroatoms. The summed E-state index contributed by atoms with van der Waals surface area (Å²) in [6.07, 6.45) is 5.02. The van der Waals surface area contributed by atoms with Gasteiger partial charge >= 0.3 is 0 Å². The smallest absolute Gasteiger partial charge is 0.191 e. The first-order valence-corrected chi connectivity index (χ1v) is 11.3. The summed E-state index contributed by atoms with van der Waals surface area (Å²) in [5, 5.41) is 9.21. The van der Waals surface area contributed by atoms with Crippen molar-refractivity contribution in [2.45, 2.75) is 31.7 Å². The van der Waals surface area contributed by atoms with E-state index in [1.165, 1.54) is 50.2 Å². The van der Waals surface area contributed by atoms with E-state index in [-0.39, 0.29) is 0 Å². The van der Waals surface area contributed by atoms with Crippen molar-refractivity contribution < 1.29 is 4.74 Å². The van der Waals surface area contributed by atoms with Crippen LogP contribution in [0.1, 0.15) is 36.6 Å². The average Bonchev–Trinajstić information content (AvgIpc) is 3.42. The Bertz CT molecular complexity index is 539. The number of nitrogens with one attached hydrogen (secondary N) is 2. The summed E-state index contributed by atoms with van der Waals surface area (Å²) in [5.74, 6) is 0.919. The van der Waals surface area contributed by atoms with Crippen molar-refractivity contribution in [2.24, 2.45) is 4.99 Å². The molecular weight excluding hydrogens is 358 g/mol. The van der Waals surface area contributed by atoms with E-state index in [0.717, 1.165) is 45.4 Å². The van der Waals surface area contributed by atoms with Crippen molar-refractivity contribution in [1.29, 1.82) is 0 Å². The fourth-order valence-corrected chi connectivity index (χ4v) is 4.71. The molecule has 2 aliphatic heterocycles. The first-order valence-electron chi connectivity index (χ1n) is 10.4. The van der Waals surface area contributed by atoms with Crippen molar-refractivity contribution in [2.75, 3.05) is 66.1 Å². The standard InChI is InChI=1S/C20H35N5OS/c1-21-20(22-8-2-3-9-24-12-14-26-15-13-24)23-17-18(19-7-6-16-27-19)25-10-4-5-11-25/h6-7,16,18H,2-5,8-15,17H2,1H3,(H2,21,22,23). The normalized spacial score (nSPS) is 20.7. The van der Waals surface area contributed by atoms with Gasteiger partial charge in [0.05, 0.1) is 19.3 Å². The van der Waals surface area contributed by atoms with Crippen LogP contribution in [-0.2, 0) is 4.74 Å². The molecule has 1 atom stereocenters. The van der Waals surface area contributed by atoms with Crippen molar-refractivity contribution in [3.8, 4) is 0 Å². The lowest BCUT2D eigenvalue weighted by molar-refractivity contribution is 0.0372. The lowest BCUT2D eigenvalue weighted by Crippen LogP contribution is -2.43. The zero-order valence-electron chi connectivity index (χ0n) is 16.7. The van der Waals surface area contributed by atoms with Crippen LogP contribution in [0, 0.1) is 0 Å². The van der Waals surface area contributed by atoms with Crippen LogP contribution in [-0.4, -0.2) is 81.8 Å². The Kier molecular flexibility index (Phi) is 8.87. The van der Waals surface area contributed by atoms with Gasteiger partial charge < -0.3 is 15.4 Å². The van der Waals surface area contributed by atoms with Crippen molar-refractivity contribution >= 4 is 17.3 Å². The highest BCUT2D eigenvalue weighted by Crippen LogP contribution is 2.27. The minimum atomic E-state index is 0.451. The van der Waals surface area contributed by atoms with Gasteiger partial charge in [-0.15, -0.1) is 11.3 Å². The van der Waals surface area contributed by atoms with E-state index in [4.69, 9.17) is 4.74 Å². The number of likely N-dealkylation sites (tertiary alicyclic amines) is 1. The zero-order valence-corrected chi connectivity index (χ0v) is 17.5. The summed E-state index contributed by atoms with van der Waals surface area (Å²) in [6, 6.07) is 4.87. The monoisotopic (exact) mass is 393 g/mol. The summed E-state index contributed by atoms with van der Waals surface area (Å²) >= 11 is 1.86. The number of thiophene rings is 1. The maximum atomic E-state index is 5.40. The first kappa shape index (κ1) is 20.6. The number of hydrogen-bond donors (Lipinski definition) is 2. The van der Waals surface area contributed by atoms with Gasteiger partial charge in [0.2, 0.25) is 0 Å². The SMILES string of the molecule is CN=C(NCCCCN1CCOCC1)NCC(c1cccs1)N1CCCC1. The summed E-state index contributed by atoms with van der Waals surface area (Å²) in [4.78, 5) is 11.0. The van der Waals surface area contributed by atoms with Gasteiger partial charge in [-0.25, -0.2) is 0 Å². The predicted octanol–water partition coefficient (Wildman–Crippen LogP) is 2.16. The van der Waals surface area contributed by atoms with Crippen LogP contribution in [0.4, 0.5) is 0 Å². The fraction of sp³-hybridized carbons (Fsp3) is 0.750. The molecule has 27 heavy (non-hydrogen) atoms. The van der Waals surface area contributed by atoms with Crippen LogP contribution in [0.2, 0.25) is 0 Å². The Morgan fingerprint density at radius 2 is 2.00 bits per heavy atom. The molecule has 3 rings (SSSR count). The molecule has 152 valence electrons. The molecule has 2 aliphatic rings. The summed E-state index contributed by atoms with van der Waals surface area (Å²) in [7, 11) is 1.86. The van der Waals surface area contributed by atoms with E-state index in [0.29, 0.717) is 6.04 Å². The maximum Gasteiger partial charge on any atom is 0.191 e. The molecule has 2 N–H and O–H groups in total. The third kappa shape index (κ3) is 6.75. The third-order valence-electron chi connectivity index (χ3n) is 5.44. The Balaban J connectivity index is 1.36. The van der Waals surface area contributed by atoms with Gasteiger partial charge in [0.15, 0.2) is 5.96 Å². The molecule has 0 radical (unpaired) electrons. The molecule has 2 saturated heterocycles. The van der Waals surface area contributed by atoms with Gasteiger partial charge in [-0.05, 0) is 56.8 Å². The molecule has 0 aliphatic carbocycles. The third-order valence-corrected chi connectivity index (χ3v) is 6.41. The molecule has 6 nitrogen and oxygen atoms in total. The van der Waals surface area contributed by atoms with Crippen molar-refractivity contribution in [3.63, 3.8) is 0 Å². The van der Waals surface area contributed by atoms with Crippen LogP contribution < -0.4 is 10.6 Å². The van der Waals surface area contributed by atoms with Crippen molar-refractivity contribution in [3.05, 3.63) is 22.4 Å². The quantitative estimate of drug-likeness (QED) is 0.383. The number of guanidine groups is 1. The number of hydrogen-bond acceptors (Lipinski definition) is 5. The predicted molar refractivity (Wildman–Crippen MR) is 114 cm³/mol. The number of nitrogens with zero attached hydrogens (tertiary/aromatic N) is 3. The zero-order chi connectivity index (χ0) is 18.7. The largest absolute Gasteiger partial charge is 0.379 e. The Morgan fingerprint density at radius 3 is 2.70 bits per heavy atom. The number of aliphatic imine (C=N–C) groups is 1. The minimum absolute atomic E-state index is 0.451. The van der Waals surface area contributed by atoms with E-state index in [1.807, 2.05) is 18.4 Å². The Morgan fingerprint density at radius 1 is 1.19 bits per heavy atom. The molecule has 0 amide bonds. The first-order chi connectivity index (χ1) is 13.4. The number of rotatable bonds is 9. The summed E-state index contributed by atoms with van der Waals surface area (Å²) < 4.78 is 5.40. The maximum absolute atomic E-state index is 5.40. The molecule has 3 heterocycles. The molecule has 2 fully saturated rings. The van der Waals surface area contributed by atoms with E-state index in [9.17, 15) is 0 Å². The topological polar surface area (TPSA) is 52.1 Å². The van der Waals surface area contributed by atoms with Gasteiger partial charge in [0.25, 0.3) is 0 Å². The van der Waals surface area contributed by atoms with E-state index < -0.39 is 0 Å². The lowest BCUT2D eigenvalue weighted by Gasteiger charge is -2.28. The highest BCUT2D eigenvalue weighted by molar-refractivity contribution is 7.10. The van der Waals surface area contributed by atoms with Gasteiger partial charge in [-0.3, -0.25) is 14.8 Å². The number of unbranched alkanes of at least 4 members (excludes halogenated alkanes) is 1. The molecular formula is C20H35N5OS. The summed E-state index contributed by atoms with van der Waals surface area (Å²) in [5.41, 5.74) is 0. The molecule has 0 spiro atoms. The van der Waals surface area contributed by atoms with E-state index in [2.05, 4.69) is 42.9 Å². The number of morpholine rings is 1. The second-order valence-electron chi connectivity index (χ2n) is 7.32. The van der Waals surface area contributed by atoms with E-state index >= 15 is 0 Å². The average molecular weight is 394 g/mol. The highest BCUT2D eigenvalue weighted by atomic mass is 32.1. The second kappa shape index (κ2) is 11.6. The Labute approximate surface area is 168 Å². The number of ether oxygens (including phenoxy) is 1. The molecule has 0 saturated carbocycles. The molecule has 0 aromatic carbocycles. The highest BCUT2D eigenvalue weighted by Gasteiger charge is 2.24. The van der Waals surface area contributed by atoms with Crippen molar-refractivity contribution in [1.82, 2.24) is 20.4 Å². The van der Waals surface area contributed by atoms with Crippen LogP contribution in [0.3, 0.4) is 0 Å². The van der Waals surface area contributed by atoms with Gasteiger partial charge in [0, 0.05) is 38.1 Å². The van der Waals surface area contributed by atoms with Gasteiger partial charge in [0.1, 0.15) is 0 Å². The molecule has 0 bridgehead atoms. The van der Waals surface area contributed by atoms with Crippen LogP contribution >= 0.6 is 11.3 Å². The van der Waals surface area contributed by atoms with Crippen LogP contribution in [0.25, 0.3) is 0 Å². The molecule has 1 aromatic rings.